The molecule has 6 heteroatoms. The minimum absolute atomic E-state index is 0.0183. The highest BCUT2D eigenvalue weighted by Crippen LogP contribution is 2.41. The topological polar surface area (TPSA) is 59.0 Å². The maximum Gasteiger partial charge on any atom is 0.315 e. The molecule has 0 fully saturated rings. The van der Waals surface area contributed by atoms with Crippen molar-refractivity contribution < 1.29 is 9.18 Å². The van der Waals surface area contributed by atoms with Crippen molar-refractivity contribution in [3.8, 4) is 5.69 Å². The Kier molecular flexibility index (Phi) is 4.54. The van der Waals surface area contributed by atoms with Crippen molar-refractivity contribution in [2.75, 3.05) is 0 Å². The Morgan fingerprint density at radius 2 is 1.92 bits per heavy atom. The number of carbonyl (C=O) groups excluding carboxylic acids is 1. The second-order valence-corrected chi connectivity index (χ2v) is 8.88. The van der Waals surface area contributed by atoms with Gasteiger partial charge in [0.1, 0.15) is 5.82 Å². The van der Waals surface area contributed by atoms with E-state index in [1.54, 1.807) is 12.1 Å². The number of nitrogens with zero attached hydrogens (tertiary/aromatic N) is 2. The molecule has 0 saturated carbocycles. The lowest BCUT2D eigenvalue weighted by atomic mass is 9.74. The van der Waals surface area contributed by atoms with Gasteiger partial charge in [0.05, 0.1) is 23.6 Å². The van der Waals surface area contributed by atoms with Gasteiger partial charge in [-0.2, -0.15) is 5.10 Å². The van der Waals surface area contributed by atoms with Crippen LogP contribution in [0.3, 0.4) is 0 Å². The van der Waals surface area contributed by atoms with E-state index in [4.69, 9.17) is 0 Å². The smallest absolute Gasteiger partial charge is 0.315 e. The third-order valence-corrected chi connectivity index (χ3v) is 4.54. The highest BCUT2D eigenvalue weighted by atomic mass is 19.1. The molecule has 1 aliphatic rings. The predicted molar refractivity (Wildman–Crippen MR) is 99.8 cm³/mol. The first kappa shape index (κ1) is 18.4. The molecule has 0 aliphatic heterocycles. The largest absolute Gasteiger partial charge is 0.334 e. The monoisotopic (exact) mass is 358 g/mol. The second kappa shape index (κ2) is 6.41. The van der Waals surface area contributed by atoms with Crippen LogP contribution in [0.4, 0.5) is 9.18 Å². The Morgan fingerprint density at radius 3 is 2.54 bits per heavy atom. The summed E-state index contributed by atoms with van der Waals surface area (Å²) in [6, 6.07) is 6.03. The van der Waals surface area contributed by atoms with Crippen molar-refractivity contribution in [2.24, 2.45) is 5.41 Å². The fraction of sp³-hybridized carbons (Fsp3) is 0.500. The highest BCUT2D eigenvalue weighted by Gasteiger charge is 2.36. The van der Waals surface area contributed by atoms with Crippen molar-refractivity contribution >= 4 is 6.03 Å². The Morgan fingerprint density at radius 1 is 1.27 bits per heavy atom. The molecule has 2 aromatic rings. The van der Waals surface area contributed by atoms with Crippen molar-refractivity contribution in [1.82, 2.24) is 20.4 Å². The molecular weight excluding hydrogens is 331 g/mol. The summed E-state index contributed by atoms with van der Waals surface area (Å²) in [4.78, 5) is 12.4. The summed E-state index contributed by atoms with van der Waals surface area (Å²) in [6.07, 6.45) is 3.50. The van der Waals surface area contributed by atoms with Gasteiger partial charge in [0.15, 0.2) is 0 Å². The molecule has 1 aromatic carbocycles. The van der Waals surface area contributed by atoms with Gasteiger partial charge < -0.3 is 10.6 Å². The lowest BCUT2D eigenvalue weighted by molar-refractivity contribution is 0.213. The van der Waals surface area contributed by atoms with Crippen LogP contribution in [0.15, 0.2) is 30.5 Å². The molecule has 0 radical (unpaired) electrons. The van der Waals surface area contributed by atoms with E-state index < -0.39 is 0 Å². The lowest BCUT2D eigenvalue weighted by Crippen LogP contribution is -2.48. The zero-order valence-electron chi connectivity index (χ0n) is 16.1. The van der Waals surface area contributed by atoms with Crippen LogP contribution in [0.2, 0.25) is 0 Å². The maximum atomic E-state index is 13.2. The number of urea groups is 1. The first-order valence-corrected chi connectivity index (χ1v) is 8.95. The molecule has 3 rings (SSSR count). The zero-order chi connectivity index (χ0) is 19.1. The molecule has 0 unspecified atom stereocenters. The fourth-order valence-electron chi connectivity index (χ4n) is 3.51. The maximum absolute atomic E-state index is 13.2. The minimum Gasteiger partial charge on any atom is -0.334 e. The third kappa shape index (κ3) is 4.06. The lowest BCUT2D eigenvalue weighted by Gasteiger charge is -2.36. The molecular formula is C20H27FN4O. The van der Waals surface area contributed by atoms with E-state index in [1.807, 2.05) is 31.6 Å². The first-order chi connectivity index (χ1) is 12.0. The number of halogens is 1. The summed E-state index contributed by atoms with van der Waals surface area (Å²) in [5, 5.41) is 10.6. The molecule has 1 aliphatic carbocycles. The van der Waals surface area contributed by atoms with Gasteiger partial charge in [0.2, 0.25) is 0 Å². The quantitative estimate of drug-likeness (QED) is 0.848. The van der Waals surface area contributed by atoms with Gasteiger partial charge in [-0.3, -0.25) is 0 Å². The molecule has 2 N–H and O–H groups in total. The number of nitrogens with one attached hydrogen (secondary N) is 2. The van der Waals surface area contributed by atoms with Gasteiger partial charge in [0, 0.05) is 11.1 Å². The Hall–Kier alpha value is -2.37. The standard InChI is InChI=1S/C20H27FN4O/c1-19(2,3)24-18(26)23-16-10-20(4,5)11-17-15(16)12-22-25(17)14-8-6-13(21)7-9-14/h6-9,12,16H,10-11H2,1-5H3,(H2,23,24,26)/t16-/m0/s1. The molecule has 1 atom stereocenters. The Bertz CT molecular complexity index is 802. The summed E-state index contributed by atoms with van der Waals surface area (Å²) >= 11 is 0. The van der Waals surface area contributed by atoms with Crippen LogP contribution in [-0.4, -0.2) is 21.4 Å². The van der Waals surface area contributed by atoms with Gasteiger partial charge in [0.25, 0.3) is 0 Å². The van der Waals surface area contributed by atoms with Crippen LogP contribution in [0.5, 0.6) is 0 Å². The number of aromatic nitrogens is 2. The summed E-state index contributed by atoms with van der Waals surface area (Å²) in [6.45, 7) is 10.2. The van der Waals surface area contributed by atoms with E-state index in [1.165, 1.54) is 12.1 Å². The van der Waals surface area contributed by atoms with Gasteiger partial charge in [-0.05, 0) is 63.3 Å². The average Bonchev–Trinajstić information content (AvgIpc) is 2.88. The van der Waals surface area contributed by atoms with Gasteiger partial charge in [-0.15, -0.1) is 0 Å². The number of fused-ring (bicyclic) bond motifs is 1. The number of hydrogen-bond donors (Lipinski definition) is 2. The third-order valence-electron chi connectivity index (χ3n) is 4.54. The first-order valence-electron chi connectivity index (χ1n) is 8.95. The average molecular weight is 358 g/mol. The molecule has 1 heterocycles. The van der Waals surface area contributed by atoms with Crippen molar-refractivity contribution in [2.45, 2.75) is 59.0 Å². The normalized spacial score (nSPS) is 18.9. The van der Waals surface area contributed by atoms with Crippen LogP contribution in [-0.2, 0) is 6.42 Å². The molecule has 0 bridgehead atoms. The molecule has 1 aromatic heterocycles. The van der Waals surface area contributed by atoms with Gasteiger partial charge in [-0.1, -0.05) is 13.8 Å². The Balaban J connectivity index is 1.92. The summed E-state index contributed by atoms with van der Waals surface area (Å²) < 4.78 is 15.1. The number of amides is 2. The van der Waals surface area contributed by atoms with E-state index in [9.17, 15) is 9.18 Å². The van der Waals surface area contributed by atoms with Crippen molar-refractivity contribution in [3.05, 3.63) is 47.5 Å². The molecule has 26 heavy (non-hydrogen) atoms. The second-order valence-electron chi connectivity index (χ2n) is 8.88. The number of hydrogen-bond acceptors (Lipinski definition) is 2. The van der Waals surface area contributed by atoms with E-state index in [2.05, 4.69) is 29.6 Å². The van der Waals surface area contributed by atoms with Crippen LogP contribution in [0.25, 0.3) is 5.69 Å². The van der Waals surface area contributed by atoms with Crippen LogP contribution in [0, 0.1) is 11.2 Å². The molecule has 0 saturated heterocycles. The molecule has 140 valence electrons. The van der Waals surface area contributed by atoms with E-state index in [0.29, 0.717) is 0 Å². The summed E-state index contributed by atoms with van der Waals surface area (Å²) in [7, 11) is 0. The summed E-state index contributed by atoms with van der Waals surface area (Å²) in [5.74, 6) is -0.270. The number of carbonyl (C=O) groups is 1. The van der Waals surface area contributed by atoms with Crippen LogP contribution in [0.1, 0.15) is 58.3 Å². The van der Waals surface area contributed by atoms with Gasteiger partial charge in [-0.25, -0.2) is 13.9 Å². The molecule has 0 spiro atoms. The van der Waals surface area contributed by atoms with E-state index in [-0.39, 0.29) is 28.8 Å². The van der Waals surface area contributed by atoms with Crippen molar-refractivity contribution in [3.63, 3.8) is 0 Å². The fourth-order valence-corrected chi connectivity index (χ4v) is 3.51. The highest BCUT2D eigenvalue weighted by molar-refractivity contribution is 5.75. The number of rotatable bonds is 2. The van der Waals surface area contributed by atoms with Gasteiger partial charge >= 0.3 is 6.03 Å². The van der Waals surface area contributed by atoms with Crippen molar-refractivity contribution in [1.29, 1.82) is 0 Å². The van der Waals surface area contributed by atoms with Crippen LogP contribution >= 0.6 is 0 Å². The number of benzene rings is 1. The van der Waals surface area contributed by atoms with E-state index >= 15 is 0 Å². The molecule has 5 nitrogen and oxygen atoms in total. The van der Waals surface area contributed by atoms with E-state index in [0.717, 1.165) is 29.8 Å². The van der Waals surface area contributed by atoms with Crippen LogP contribution < -0.4 is 10.6 Å². The molecule has 2 amide bonds. The predicted octanol–water partition coefficient (Wildman–Crippen LogP) is 4.12. The minimum atomic E-state index is -0.296. The zero-order valence-corrected chi connectivity index (χ0v) is 16.1. The summed E-state index contributed by atoms with van der Waals surface area (Å²) in [5.41, 5.74) is 2.63. The Labute approximate surface area is 154 Å². The SMILES string of the molecule is CC1(C)Cc2c(cnn2-c2ccc(F)cc2)[C@@H](NC(=O)NC(C)(C)C)C1.